The van der Waals surface area contributed by atoms with Gasteiger partial charge < -0.3 is 10.0 Å². The summed E-state index contributed by atoms with van der Waals surface area (Å²) in [7, 11) is 0. The lowest BCUT2D eigenvalue weighted by atomic mass is 9.95. The van der Waals surface area contributed by atoms with Crippen molar-refractivity contribution in [2.75, 3.05) is 0 Å². The lowest BCUT2D eigenvalue weighted by Crippen LogP contribution is -2.29. The van der Waals surface area contributed by atoms with Crippen LogP contribution in [0, 0.1) is 0 Å². The van der Waals surface area contributed by atoms with Gasteiger partial charge in [-0.2, -0.15) is 0 Å². The second-order valence-electron chi connectivity index (χ2n) is 6.82. The Morgan fingerprint density at radius 2 is 1.73 bits per heavy atom. The van der Waals surface area contributed by atoms with Crippen molar-refractivity contribution in [2.45, 2.75) is 12.6 Å². The second-order valence-corrected chi connectivity index (χ2v) is 7.66. The van der Waals surface area contributed by atoms with E-state index < -0.39 is 17.7 Å². The molecule has 2 heterocycles. The first kappa shape index (κ1) is 20.1. The van der Waals surface area contributed by atoms with Crippen LogP contribution < -0.4 is 0 Å². The number of hydrogen-bond acceptors (Lipinski definition) is 4. The second kappa shape index (κ2) is 8.30. The van der Waals surface area contributed by atoms with Crippen molar-refractivity contribution in [3.8, 4) is 0 Å². The zero-order valence-electron chi connectivity index (χ0n) is 15.6. The molecule has 1 aliphatic rings. The molecule has 0 bridgehead atoms. The number of Topliss-reactive ketones (excluding diaryl/α,β-unsaturated/α-hetero) is 1. The van der Waals surface area contributed by atoms with Gasteiger partial charge in [-0.15, -0.1) is 0 Å². The molecule has 0 spiro atoms. The normalized spacial score (nSPS) is 18.1. The Morgan fingerprint density at radius 3 is 2.40 bits per heavy atom. The minimum Gasteiger partial charge on any atom is -0.507 e. The molecule has 1 fully saturated rings. The van der Waals surface area contributed by atoms with Crippen molar-refractivity contribution in [3.63, 3.8) is 0 Å². The highest BCUT2D eigenvalue weighted by atomic mass is 35.5. The molecule has 30 heavy (non-hydrogen) atoms. The molecule has 4 rings (SSSR count). The summed E-state index contributed by atoms with van der Waals surface area (Å²) in [6, 6.07) is 16.1. The molecule has 0 radical (unpaired) electrons. The Balaban J connectivity index is 1.88. The predicted octanol–water partition coefficient (Wildman–Crippen LogP) is 5.01. The van der Waals surface area contributed by atoms with E-state index in [1.165, 1.54) is 4.90 Å². The number of benzene rings is 2. The summed E-state index contributed by atoms with van der Waals surface area (Å²) in [5, 5.41) is 11.9. The molecule has 1 aromatic heterocycles. The fourth-order valence-corrected chi connectivity index (χ4v) is 3.88. The van der Waals surface area contributed by atoms with E-state index >= 15 is 0 Å². The molecule has 0 aliphatic carbocycles. The Morgan fingerprint density at radius 1 is 1.00 bits per heavy atom. The maximum Gasteiger partial charge on any atom is 0.295 e. The van der Waals surface area contributed by atoms with E-state index in [4.69, 9.17) is 23.2 Å². The van der Waals surface area contributed by atoms with Crippen LogP contribution >= 0.6 is 23.2 Å². The number of ketones is 1. The van der Waals surface area contributed by atoms with Gasteiger partial charge in [0.15, 0.2) is 0 Å². The van der Waals surface area contributed by atoms with E-state index in [1.54, 1.807) is 67.0 Å². The summed E-state index contributed by atoms with van der Waals surface area (Å²) in [4.78, 5) is 31.4. The number of aromatic nitrogens is 1. The lowest BCUT2D eigenvalue weighted by Gasteiger charge is -2.26. The molecule has 1 N–H and O–H groups in total. The Kier molecular flexibility index (Phi) is 5.57. The van der Waals surface area contributed by atoms with E-state index in [0.29, 0.717) is 21.2 Å². The van der Waals surface area contributed by atoms with Crippen LogP contribution in [-0.4, -0.2) is 26.7 Å². The molecule has 1 aliphatic heterocycles. The number of amides is 1. The van der Waals surface area contributed by atoms with Crippen molar-refractivity contribution in [2.24, 2.45) is 0 Å². The predicted molar refractivity (Wildman–Crippen MR) is 115 cm³/mol. The highest BCUT2D eigenvalue weighted by molar-refractivity contribution is 6.47. The maximum absolute atomic E-state index is 13.0. The van der Waals surface area contributed by atoms with Crippen LogP contribution in [0.3, 0.4) is 0 Å². The average molecular weight is 439 g/mol. The van der Waals surface area contributed by atoms with Gasteiger partial charge in [0, 0.05) is 34.5 Å². The van der Waals surface area contributed by atoms with E-state index in [1.807, 2.05) is 6.07 Å². The first-order valence-electron chi connectivity index (χ1n) is 9.15. The van der Waals surface area contributed by atoms with E-state index in [9.17, 15) is 14.7 Å². The quantitative estimate of drug-likeness (QED) is 0.353. The van der Waals surface area contributed by atoms with Gasteiger partial charge in [0.1, 0.15) is 5.76 Å². The summed E-state index contributed by atoms with van der Waals surface area (Å²) in [6.45, 7) is 0.145. The van der Waals surface area contributed by atoms with Crippen molar-refractivity contribution < 1.29 is 14.7 Å². The summed E-state index contributed by atoms with van der Waals surface area (Å²) in [5.41, 5.74) is 1.68. The van der Waals surface area contributed by atoms with Crippen LogP contribution in [0.2, 0.25) is 10.0 Å². The fraction of sp³-hybridized carbons (Fsp3) is 0.0870. The number of pyridine rings is 1. The lowest BCUT2D eigenvalue weighted by molar-refractivity contribution is -0.140. The average Bonchev–Trinajstić information content (AvgIpc) is 3.00. The van der Waals surface area contributed by atoms with Crippen LogP contribution in [0.4, 0.5) is 0 Å². The van der Waals surface area contributed by atoms with Crippen molar-refractivity contribution in [1.29, 1.82) is 0 Å². The van der Waals surface area contributed by atoms with E-state index in [-0.39, 0.29) is 17.9 Å². The minimum absolute atomic E-state index is 0.0145. The number of aliphatic hydroxyl groups excluding tert-OH is 1. The molecule has 2 aromatic carbocycles. The molecule has 150 valence electrons. The third kappa shape index (κ3) is 3.70. The zero-order valence-corrected chi connectivity index (χ0v) is 17.1. The van der Waals surface area contributed by atoms with Crippen LogP contribution in [-0.2, 0) is 16.1 Å². The highest BCUT2D eigenvalue weighted by Gasteiger charge is 2.46. The number of carbonyl (C=O) groups is 2. The maximum atomic E-state index is 13.0. The van der Waals surface area contributed by atoms with Gasteiger partial charge in [-0.1, -0.05) is 47.5 Å². The van der Waals surface area contributed by atoms with Gasteiger partial charge in [-0.3, -0.25) is 14.6 Å². The summed E-state index contributed by atoms with van der Waals surface area (Å²) < 4.78 is 0. The summed E-state index contributed by atoms with van der Waals surface area (Å²) >= 11 is 12.4. The largest absolute Gasteiger partial charge is 0.507 e. The van der Waals surface area contributed by atoms with Gasteiger partial charge in [-0.05, 0) is 47.5 Å². The molecule has 1 saturated heterocycles. The molecule has 1 atom stereocenters. The van der Waals surface area contributed by atoms with Crippen molar-refractivity contribution >= 4 is 40.7 Å². The minimum atomic E-state index is -0.838. The third-order valence-electron chi connectivity index (χ3n) is 4.93. The third-order valence-corrected chi connectivity index (χ3v) is 5.53. The number of rotatable bonds is 4. The standard InChI is InChI=1S/C23H16Cl2N2O3/c24-16-9-7-15(8-10-16)21(28)19-20(17-5-1-2-6-18(17)25)27(23(30)22(19)29)13-14-4-3-11-26-12-14/h1-12,20,28H,13H2/t20-/m1/s1. The Bertz CT molecular complexity index is 1140. The molecule has 0 unspecified atom stereocenters. The van der Waals surface area contributed by atoms with E-state index in [2.05, 4.69) is 4.98 Å². The molecule has 0 saturated carbocycles. The smallest absolute Gasteiger partial charge is 0.295 e. The Labute approximate surface area is 183 Å². The number of aliphatic hydroxyl groups is 1. The van der Waals surface area contributed by atoms with Crippen LogP contribution in [0.15, 0.2) is 78.6 Å². The van der Waals surface area contributed by atoms with E-state index in [0.717, 1.165) is 5.56 Å². The molecule has 1 amide bonds. The van der Waals surface area contributed by atoms with Crippen LogP contribution in [0.5, 0.6) is 0 Å². The Hall–Kier alpha value is -3.15. The molecule has 7 heteroatoms. The summed E-state index contributed by atoms with van der Waals surface area (Å²) in [5.74, 6) is -1.75. The first-order chi connectivity index (χ1) is 14.5. The van der Waals surface area contributed by atoms with Crippen LogP contribution in [0.1, 0.15) is 22.7 Å². The topological polar surface area (TPSA) is 70.5 Å². The monoisotopic (exact) mass is 438 g/mol. The number of nitrogens with zero attached hydrogens (tertiary/aromatic N) is 2. The molecular weight excluding hydrogens is 423 g/mol. The van der Waals surface area contributed by atoms with Gasteiger partial charge in [0.2, 0.25) is 0 Å². The van der Waals surface area contributed by atoms with Gasteiger partial charge in [0.25, 0.3) is 11.7 Å². The van der Waals surface area contributed by atoms with Crippen molar-refractivity contribution in [3.05, 3.63) is 105 Å². The number of halogens is 2. The number of hydrogen-bond donors (Lipinski definition) is 1. The molecule has 3 aromatic rings. The fourth-order valence-electron chi connectivity index (χ4n) is 3.51. The molecule has 5 nitrogen and oxygen atoms in total. The van der Waals surface area contributed by atoms with Crippen molar-refractivity contribution in [1.82, 2.24) is 9.88 Å². The number of carbonyl (C=O) groups excluding carboxylic acids is 2. The molecular formula is C23H16Cl2N2O3. The van der Waals surface area contributed by atoms with Gasteiger partial charge in [0.05, 0.1) is 11.6 Å². The number of likely N-dealkylation sites (tertiary alicyclic amines) is 1. The summed E-state index contributed by atoms with van der Waals surface area (Å²) in [6.07, 6.45) is 3.26. The van der Waals surface area contributed by atoms with Gasteiger partial charge >= 0.3 is 0 Å². The highest BCUT2D eigenvalue weighted by Crippen LogP contribution is 2.42. The van der Waals surface area contributed by atoms with Crippen LogP contribution in [0.25, 0.3) is 5.76 Å². The van der Waals surface area contributed by atoms with Gasteiger partial charge in [-0.25, -0.2) is 0 Å². The zero-order chi connectivity index (χ0) is 21.3. The first-order valence-corrected chi connectivity index (χ1v) is 9.90. The SMILES string of the molecule is O=C1C(=O)N(Cc2cccnc2)[C@H](c2ccccc2Cl)C1=C(O)c1ccc(Cl)cc1.